The third-order valence-corrected chi connectivity index (χ3v) is 7.33. The van der Waals surface area contributed by atoms with Gasteiger partial charge in [0.2, 0.25) is 5.91 Å². The number of carbonyl (C=O) groups is 2. The minimum Gasteiger partial charge on any atom is -0.508 e. The highest BCUT2D eigenvalue weighted by Gasteiger charge is 2.34. The van der Waals surface area contributed by atoms with E-state index >= 15 is 0 Å². The number of phenols is 1. The normalized spacial score (nSPS) is 14.7. The number of nitrogens with zero attached hydrogens (tertiary/aromatic N) is 2. The van der Waals surface area contributed by atoms with E-state index in [1.807, 2.05) is 0 Å². The van der Waals surface area contributed by atoms with Gasteiger partial charge in [-0.3, -0.25) is 9.59 Å². The van der Waals surface area contributed by atoms with Crippen molar-refractivity contribution in [3.63, 3.8) is 0 Å². The predicted octanol–water partition coefficient (Wildman–Crippen LogP) is 4.09. The van der Waals surface area contributed by atoms with Crippen LogP contribution in [0.3, 0.4) is 0 Å². The molecule has 0 aliphatic carbocycles. The zero-order valence-corrected chi connectivity index (χ0v) is 23.6. The van der Waals surface area contributed by atoms with Gasteiger partial charge in [0, 0.05) is 12.1 Å². The number of methoxy groups -OCH3 is 2. The molecule has 2 N–H and O–H groups in total. The van der Waals surface area contributed by atoms with Crippen molar-refractivity contribution in [1.82, 2.24) is 9.80 Å². The third kappa shape index (κ3) is 8.22. The van der Waals surface area contributed by atoms with E-state index in [4.69, 9.17) is 14.2 Å². The predicted molar refractivity (Wildman–Crippen MR) is 155 cm³/mol. The average Bonchev–Trinajstić information content (AvgIpc) is 3.52. The number of ketones is 1. The SMILES string of the molecule is COc1ccc(OCCC(=O)N(CC(=O)c2ccc(OC)cc2)[C@H](CN2CCCC2)[C@H](O)c2ccc(O)cc2)cc1. The summed E-state index contributed by atoms with van der Waals surface area (Å²) in [5.41, 5.74) is 0.994. The number of hydrogen-bond acceptors (Lipinski definition) is 8. The number of aliphatic hydroxyl groups excluding tert-OH is 1. The highest BCUT2D eigenvalue weighted by Crippen LogP contribution is 2.27. The molecule has 1 fully saturated rings. The van der Waals surface area contributed by atoms with E-state index < -0.39 is 12.1 Å². The standard InChI is InChI=1S/C32H38N2O7/c1-39-26-11-7-23(8-12-26)30(36)22-34(31(37)17-20-41-28-15-13-27(40-2)14-16-28)29(21-33-18-3-4-19-33)32(38)24-5-9-25(35)10-6-24/h5-16,29,32,35,38H,3-4,17-22H2,1-2H3/t29-,32-/m1/s1. The van der Waals surface area contributed by atoms with Crippen molar-refractivity contribution < 1.29 is 34.0 Å². The molecule has 1 aliphatic rings. The molecule has 0 unspecified atom stereocenters. The van der Waals surface area contributed by atoms with E-state index in [2.05, 4.69) is 4.90 Å². The topological polar surface area (TPSA) is 109 Å². The number of phenolic OH excluding ortho intramolecular Hbond substituents is 1. The van der Waals surface area contributed by atoms with Gasteiger partial charge in [0.15, 0.2) is 5.78 Å². The first-order chi connectivity index (χ1) is 19.9. The lowest BCUT2D eigenvalue weighted by Crippen LogP contribution is -2.51. The number of hydrogen-bond donors (Lipinski definition) is 2. The fourth-order valence-electron chi connectivity index (χ4n) is 4.98. The Balaban J connectivity index is 1.58. The summed E-state index contributed by atoms with van der Waals surface area (Å²) in [6, 6.07) is 19.4. The van der Waals surface area contributed by atoms with Crippen LogP contribution < -0.4 is 14.2 Å². The Labute approximate surface area is 240 Å². The quantitative estimate of drug-likeness (QED) is 0.283. The molecule has 1 saturated heterocycles. The van der Waals surface area contributed by atoms with Gasteiger partial charge in [-0.2, -0.15) is 0 Å². The second-order valence-electron chi connectivity index (χ2n) is 10.1. The molecule has 218 valence electrons. The van der Waals surface area contributed by atoms with E-state index in [1.54, 1.807) is 74.9 Å². The first-order valence-electron chi connectivity index (χ1n) is 13.8. The molecule has 9 nitrogen and oxygen atoms in total. The first kappa shape index (κ1) is 29.9. The number of rotatable bonds is 14. The maximum atomic E-state index is 13.8. The Morgan fingerprint density at radius 2 is 1.41 bits per heavy atom. The van der Waals surface area contributed by atoms with Crippen LogP contribution in [-0.2, 0) is 4.79 Å². The van der Waals surface area contributed by atoms with Gasteiger partial charge < -0.3 is 34.2 Å². The van der Waals surface area contributed by atoms with Crippen molar-refractivity contribution in [2.45, 2.75) is 31.4 Å². The van der Waals surface area contributed by atoms with Crippen LogP contribution in [-0.4, -0.2) is 84.8 Å². The van der Waals surface area contributed by atoms with Gasteiger partial charge in [0.05, 0.1) is 39.8 Å². The molecule has 1 heterocycles. The van der Waals surface area contributed by atoms with Gasteiger partial charge in [-0.25, -0.2) is 0 Å². The molecule has 0 bridgehead atoms. The smallest absolute Gasteiger partial charge is 0.226 e. The number of likely N-dealkylation sites (tertiary alicyclic amines) is 1. The summed E-state index contributed by atoms with van der Waals surface area (Å²) < 4.78 is 16.2. The van der Waals surface area contributed by atoms with Crippen molar-refractivity contribution in [3.8, 4) is 23.0 Å². The van der Waals surface area contributed by atoms with Crippen LogP contribution in [0.1, 0.15) is 41.3 Å². The lowest BCUT2D eigenvalue weighted by molar-refractivity contribution is -0.136. The molecule has 1 amide bonds. The summed E-state index contributed by atoms with van der Waals surface area (Å²) in [6.45, 7) is 2.01. The van der Waals surface area contributed by atoms with Crippen LogP contribution >= 0.6 is 0 Å². The second kappa shape index (κ2) is 14.5. The summed E-state index contributed by atoms with van der Waals surface area (Å²) >= 11 is 0. The largest absolute Gasteiger partial charge is 0.508 e. The maximum Gasteiger partial charge on any atom is 0.226 e. The van der Waals surface area contributed by atoms with E-state index in [0.29, 0.717) is 34.9 Å². The molecule has 41 heavy (non-hydrogen) atoms. The van der Waals surface area contributed by atoms with Crippen LogP contribution in [0.5, 0.6) is 23.0 Å². The first-order valence-corrected chi connectivity index (χ1v) is 13.8. The number of amides is 1. The average molecular weight is 563 g/mol. The maximum absolute atomic E-state index is 13.8. The zero-order valence-electron chi connectivity index (χ0n) is 23.6. The highest BCUT2D eigenvalue weighted by atomic mass is 16.5. The van der Waals surface area contributed by atoms with E-state index in [-0.39, 0.29) is 37.0 Å². The van der Waals surface area contributed by atoms with E-state index in [9.17, 15) is 19.8 Å². The number of aliphatic hydroxyl groups is 1. The van der Waals surface area contributed by atoms with Gasteiger partial charge in [0.25, 0.3) is 0 Å². The third-order valence-electron chi connectivity index (χ3n) is 7.33. The molecule has 0 radical (unpaired) electrons. The van der Waals surface area contributed by atoms with Crippen LogP contribution in [0.2, 0.25) is 0 Å². The number of benzene rings is 3. The highest BCUT2D eigenvalue weighted by molar-refractivity contribution is 5.99. The van der Waals surface area contributed by atoms with Gasteiger partial charge in [0.1, 0.15) is 29.1 Å². The Kier molecular flexibility index (Phi) is 10.6. The summed E-state index contributed by atoms with van der Waals surface area (Å²) in [5.74, 6) is 1.45. The fraction of sp³-hybridized carbons (Fsp3) is 0.375. The van der Waals surface area contributed by atoms with Crippen LogP contribution in [0.4, 0.5) is 0 Å². The van der Waals surface area contributed by atoms with Gasteiger partial charge in [-0.05, 0) is 92.2 Å². The molecule has 9 heteroatoms. The molecule has 0 aromatic heterocycles. The van der Waals surface area contributed by atoms with Crippen molar-refractivity contribution in [1.29, 1.82) is 0 Å². The molecule has 3 aromatic carbocycles. The van der Waals surface area contributed by atoms with Crippen molar-refractivity contribution in [2.75, 3.05) is 47.0 Å². The molecule has 2 atom stereocenters. The summed E-state index contributed by atoms with van der Waals surface area (Å²) in [6.07, 6.45) is 1.01. The minimum atomic E-state index is -1.08. The van der Waals surface area contributed by atoms with Crippen LogP contribution in [0.15, 0.2) is 72.8 Å². The summed E-state index contributed by atoms with van der Waals surface area (Å²) in [5, 5.41) is 21.4. The molecule has 1 aliphatic heterocycles. The molecule has 3 aromatic rings. The van der Waals surface area contributed by atoms with Gasteiger partial charge in [-0.15, -0.1) is 0 Å². The summed E-state index contributed by atoms with van der Waals surface area (Å²) in [4.78, 5) is 30.9. The monoisotopic (exact) mass is 562 g/mol. The van der Waals surface area contributed by atoms with Crippen LogP contribution in [0, 0.1) is 0 Å². The Morgan fingerprint density at radius 1 is 0.854 bits per heavy atom. The zero-order chi connectivity index (χ0) is 29.2. The lowest BCUT2D eigenvalue weighted by Gasteiger charge is -2.37. The van der Waals surface area contributed by atoms with Crippen LogP contribution in [0.25, 0.3) is 0 Å². The Hall–Kier alpha value is -4.08. The van der Waals surface area contributed by atoms with Crippen molar-refractivity contribution in [3.05, 3.63) is 83.9 Å². The minimum absolute atomic E-state index is 0.0146. The Morgan fingerprint density at radius 3 is 2.00 bits per heavy atom. The lowest BCUT2D eigenvalue weighted by atomic mass is 9.98. The summed E-state index contributed by atoms with van der Waals surface area (Å²) in [7, 11) is 3.14. The number of Topliss-reactive ketones (excluding diaryl/α,β-unsaturated/α-hetero) is 1. The molecule has 4 rings (SSSR count). The molecule has 0 saturated carbocycles. The number of aromatic hydroxyl groups is 1. The molecular formula is C32H38N2O7. The van der Waals surface area contributed by atoms with E-state index in [0.717, 1.165) is 25.9 Å². The molecular weight excluding hydrogens is 524 g/mol. The van der Waals surface area contributed by atoms with Crippen molar-refractivity contribution in [2.24, 2.45) is 0 Å². The van der Waals surface area contributed by atoms with Gasteiger partial charge >= 0.3 is 0 Å². The second-order valence-corrected chi connectivity index (χ2v) is 10.1. The number of carbonyl (C=O) groups excluding carboxylic acids is 2. The Bertz CT molecular complexity index is 1260. The van der Waals surface area contributed by atoms with Crippen molar-refractivity contribution >= 4 is 11.7 Å². The molecule has 0 spiro atoms. The number of ether oxygens (including phenoxy) is 3. The van der Waals surface area contributed by atoms with E-state index in [1.165, 1.54) is 17.0 Å². The fourth-order valence-corrected chi connectivity index (χ4v) is 4.98. The van der Waals surface area contributed by atoms with Gasteiger partial charge in [-0.1, -0.05) is 12.1 Å².